The van der Waals surface area contributed by atoms with Gasteiger partial charge in [-0.25, -0.2) is 4.39 Å². The van der Waals surface area contributed by atoms with Crippen LogP contribution in [0.15, 0.2) is 16.7 Å². The molecule has 32 heavy (non-hydrogen) atoms. The van der Waals surface area contributed by atoms with Gasteiger partial charge in [-0.1, -0.05) is 18.1 Å². The lowest BCUT2D eigenvalue weighted by atomic mass is 9.77. The molecule has 1 saturated heterocycles. The highest BCUT2D eigenvalue weighted by Crippen LogP contribution is 2.59. The molecule has 3 aromatic rings. The summed E-state index contributed by atoms with van der Waals surface area (Å²) in [6.45, 7) is 2.14. The zero-order valence-electron chi connectivity index (χ0n) is 16.9. The molecule has 8 nitrogen and oxygen atoms in total. The lowest BCUT2D eigenvalue weighted by Crippen LogP contribution is -2.46. The zero-order valence-corrected chi connectivity index (χ0v) is 16.9. The number of nitrogens with zero attached hydrogens (tertiary/aromatic N) is 2. The third kappa shape index (κ3) is 3.02. The van der Waals surface area contributed by atoms with Gasteiger partial charge in [0.2, 0.25) is 5.82 Å². The van der Waals surface area contributed by atoms with Crippen LogP contribution in [0.25, 0.3) is 11.2 Å². The molecule has 1 aromatic carbocycles. The molecule has 0 radical (unpaired) electrons. The van der Waals surface area contributed by atoms with Crippen LogP contribution in [0.3, 0.4) is 0 Å². The fourth-order valence-corrected chi connectivity index (χ4v) is 4.09. The molecule has 13 heteroatoms. The summed E-state index contributed by atoms with van der Waals surface area (Å²) < 4.78 is 85.5. The molecule has 0 aliphatic carbocycles. The number of methoxy groups -OCH3 is 1. The number of carbonyl (C=O) groups is 1. The molecule has 2 aromatic heterocycles. The fourth-order valence-electron chi connectivity index (χ4n) is 4.09. The summed E-state index contributed by atoms with van der Waals surface area (Å²) in [6.07, 6.45) is -6.23. The molecule has 1 aliphatic heterocycles. The number of aromatic nitrogens is 3. The van der Waals surface area contributed by atoms with E-state index in [1.54, 1.807) is 0 Å². The van der Waals surface area contributed by atoms with Gasteiger partial charge >= 0.3 is 6.18 Å². The van der Waals surface area contributed by atoms with Crippen molar-refractivity contribution in [3.05, 3.63) is 40.8 Å². The molecule has 4 rings (SSSR count). The van der Waals surface area contributed by atoms with Crippen molar-refractivity contribution in [1.82, 2.24) is 15.1 Å². The van der Waals surface area contributed by atoms with Crippen LogP contribution < -0.4 is 10.5 Å². The number of rotatable bonds is 4. The number of fused-ring (bicyclic) bond motifs is 1. The highest BCUT2D eigenvalue weighted by atomic mass is 19.4. The van der Waals surface area contributed by atoms with Crippen molar-refractivity contribution in [3.63, 3.8) is 0 Å². The summed E-state index contributed by atoms with van der Waals surface area (Å²) in [6, 6.07) is 1.93. The number of imidazole rings is 1. The van der Waals surface area contributed by atoms with Crippen molar-refractivity contribution in [2.75, 3.05) is 7.11 Å². The number of alkyl halides is 3. The summed E-state index contributed by atoms with van der Waals surface area (Å²) in [7, 11) is 1.07. The second-order valence-electron chi connectivity index (χ2n) is 7.64. The largest absolute Gasteiger partial charge is 0.493 e. The minimum Gasteiger partial charge on any atom is -0.493 e. The van der Waals surface area contributed by atoms with Crippen LogP contribution in [0.1, 0.15) is 47.7 Å². The average molecular weight is 460 g/mol. The van der Waals surface area contributed by atoms with Crippen LogP contribution in [0.2, 0.25) is 0 Å². The fraction of sp³-hybridized carbons (Fsp3) is 0.421. The minimum atomic E-state index is -4.81. The molecule has 172 valence electrons. The first kappa shape index (κ1) is 22.0. The van der Waals surface area contributed by atoms with E-state index in [-0.39, 0.29) is 28.3 Å². The van der Waals surface area contributed by atoms with E-state index < -0.39 is 53.0 Å². The smallest absolute Gasteiger partial charge is 0.417 e. The van der Waals surface area contributed by atoms with Crippen LogP contribution in [0.5, 0.6) is 5.75 Å². The van der Waals surface area contributed by atoms with Crippen LogP contribution in [0.4, 0.5) is 22.0 Å². The van der Waals surface area contributed by atoms with Gasteiger partial charge in [0, 0.05) is 17.4 Å². The normalized spacial score (nSPS) is 26.1. The Hall–Kier alpha value is -3.22. The maximum absolute atomic E-state index is 14.4. The number of carbonyl (C=O) groups excluding carboxylic acids is 1. The van der Waals surface area contributed by atoms with Crippen molar-refractivity contribution in [1.29, 1.82) is 0 Å². The molecular weight excluding hydrogens is 443 g/mol. The Morgan fingerprint density at radius 3 is 2.59 bits per heavy atom. The van der Waals surface area contributed by atoms with Gasteiger partial charge in [0.25, 0.3) is 11.6 Å². The number of nitrogens with one attached hydrogen (secondary N) is 1. The maximum atomic E-state index is 14.4. The number of ether oxygens (including phenoxy) is 2. The van der Waals surface area contributed by atoms with Crippen LogP contribution in [-0.2, 0) is 4.74 Å². The molecule has 4 atom stereocenters. The van der Waals surface area contributed by atoms with Gasteiger partial charge in [-0.2, -0.15) is 22.5 Å². The number of nitrogens with two attached hydrogens (primary N) is 1. The molecule has 0 spiro atoms. The van der Waals surface area contributed by atoms with E-state index >= 15 is 0 Å². The van der Waals surface area contributed by atoms with Crippen molar-refractivity contribution in [3.8, 4) is 5.75 Å². The summed E-state index contributed by atoms with van der Waals surface area (Å²) in [5.74, 6) is -6.65. The SMILES string of the molecule is COc1c([C@H]2[C@H](c3nc4onc(C(N)=O)c4[nH]3)O[C@@](C)(C(F)(F)F)[C@H]2C)ccc(F)c1F. The van der Waals surface area contributed by atoms with Crippen molar-refractivity contribution in [2.24, 2.45) is 11.7 Å². The third-order valence-corrected chi connectivity index (χ3v) is 5.96. The first-order chi connectivity index (χ1) is 14.9. The molecule has 1 amide bonds. The Morgan fingerprint density at radius 2 is 2.00 bits per heavy atom. The zero-order chi connectivity index (χ0) is 23.6. The number of amides is 1. The lowest BCUT2D eigenvalue weighted by Gasteiger charge is -2.32. The number of hydrogen-bond acceptors (Lipinski definition) is 6. The van der Waals surface area contributed by atoms with Gasteiger partial charge in [0.1, 0.15) is 17.4 Å². The van der Waals surface area contributed by atoms with Crippen molar-refractivity contribution >= 4 is 17.1 Å². The summed E-state index contributed by atoms with van der Waals surface area (Å²) in [5.41, 5.74) is 1.99. The molecule has 0 saturated carbocycles. The van der Waals surface area contributed by atoms with Crippen molar-refractivity contribution < 1.29 is 40.7 Å². The first-order valence-electron chi connectivity index (χ1n) is 9.32. The third-order valence-electron chi connectivity index (χ3n) is 5.96. The van der Waals surface area contributed by atoms with E-state index in [2.05, 4.69) is 15.1 Å². The van der Waals surface area contributed by atoms with Crippen LogP contribution in [0, 0.1) is 17.6 Å². The van der Waals surface area contributed by atoms with Gasteiger partial charge in [-0.3, -0.25) is 4.79 Å². The van der Waals surface area contributed by atoms with Gasteiger partial charge in [0.15, 0.2) is 22.9 Å². The molecule has 3 N–H and O–H groups in total. The second kappa shape index (κ2) is 7.15. The Morgan fingerprint density at radius 1 is 1.31 bits per heavy atom. The quantitative estimate of drug-likeness (QED) is 0.573. The molecule has 1 fully saturated rings. The first-order valence-corrected chi connectivity index (χ1v) is 9.32. The van der Waals surface area contributed by atoms with Gasteiger partial charge in [0.05, 0.1) is 7.11 Å². The Kier molecular flexibility index (Phi) is 4.91. The molecule has 1 aliphatic rings. The Bertz CT molecular complexity index is 1210. The monoisotopic (exact) mass is 460 g/mol. The molecule has 0 unspecified atom stereocenters. The van der Waals surface area contributed by atoms with E-state index in [1.807, 2.05) is 0 Å². The van der Waals surface area contributed by atoms with Gasteiger partial charge in [-0.15, -0.1) is 0 Å². The predicted molar refractivity (Wildman–Crippen MR) is 97.8 cm³/mol. The highest BCUT2D eigenvalue weighted by Gasteiger charge is 2.65. The number of halogens is 5. The van der Waals surface area contributed by atoms with Gasteiger partial charge in [-0.05, 0) is 13.0 Å². The maximum Gasteiger partial charge on any atom is 0.417 e. The second-order valence-corrected chi connectivity index (χ2v) is 7.64. The van der Waals surface area contributed by atoms with E-state index in [4.69, 9.17) is 19.7 Å². The highest BCUT2D eigenvalue weighted by molar-refractivity contribution is 6.00. The van der Waals surface area contributed by atoms with Crippen molar-refractivity contribution in [2.45, 2.75) is 37.6 Å². The minimum absolute atomic E-state index is 0.0274. The number of primary amides is 1. The lowest BCUT2D eigenvalue weighted by molar-refractivity contribution is -0.275. The van der Waals surface area contributed by atoms with E-state index in [0.717, 1.165) is 26.2 Å². The van der Waals surface area contributed by atoms with E-state index in [9.17, 15) is 26.7 Å². The standard InChI is InChI=1S/C19H17F5N4O4/c1-6-9(7-4-5-8(20)10(21)13(7)30-3)14(31-18(6,2)19(22,23)24)16-26-12-11(15(25)29)28-32-17(12)27-16/h4-6,9,14H,1-3H3,(H2,25,29)(H,26,27)/t6-,9-,14+,18+/m0/s1. The number of aromatic amines is 1. The molecule has 3 heterocycles. The van der Waals surface area contributed by atoms with Gasteiger partial charge < -0.3 is 24.7 Å². The average Bonchev–Trinajstić information content (AvgIpc) is 3.36. The molecule has 0 bridgehead atoms. The molecular formula is C19H17F5N4O4. The Labute approximate surface area is 176 Å². The number of hydrogen-bond donors (Lipinski definition) is 2. The summed E-state index contributed by atoms with van der Waals surface area (Å²) in [4.78, 5) is 18.2. The summed E-state index contributed by atoms with van der Waals surface area (Å²) >= 11 is 0. The van der Waals surface area contributed by atoms with E-state index in [0.29, 0.717) is 0 Å². The van der Waals surface area contributed by atoms with Crippen LogP contribution in [-0.4, -0.2) is 39.9 Å². The predicted octanol–water partition coefficient (Wildman–Crippen LogP) is 3.75. The summed E-state index contributed by atoms with van der Waals surface area (Å²) in [5, 5.41) is 3.46. The Balaban J connectivity index is 1.91. The van der Waals surface area contributed by atoms with Crippen LogP contribution >= 0.6 is 0 Å². The number of H-pyrrole nitrogens is 1. The topological polar surface area (TPSA) is 116 Å². The number of benzene rings is 1. The van der Waals surface area contributed by atoms with E-state index in [1.165, 1.54) is 6.92 Å².